The van der Waals surface area contributed by atoms with Crippen LogP contribution in [-0.4, -0.2) is 4.98 Å². The van der Waals surface area contributed by atoms with E-state index in [1.54, 1.807) is 0 Å². The number of allylic oxidation sites excluding steroid dienone is 1. The maximum Gasteiger partial charge on any atom is 0.416 e. The van der Waals surface area contributed by atoms with Gasteiger partial charge in [-0.25, -0.2) is 4.98 Å². The molecule has 1 N–H and O–H groups in total. The lowest BCUT2D eigenvalue weighted by Gasteiger charge is -2.08. The zero-order valence-electron chi connectivity index (χ0n) is 13.3. The summed E-state index contributed by atoms with van der Waals surface area (Å²) in [6, 6.07) is 16.3. The van der Waals surface area contributed by atoms with Crippen molar-refractivity contribution in [3.8, 4) is 17.3 Å². The minimum absolute atomic E-state index is 0.243. The first-order chi connectivity index (χ1) is 12.5. The molecule has 0 bridgehead atoms. The highest BCUT2D eigenvalue weighted by Crippen LogP contribution is 2.31. The molecule has 0 aliphatic rings. The molecule has 0 aliphatic heterocycles. The van der Waals surface area contributed by atoms with Crippen molar-refractivity contribution >= 4 is 22.6 Å². The van der Waals surface area contributed by atoms with E-state index in [-0.39, 0.29) is 11.3 Å². The number of nitriles is 1. The zero-order valence-corrected chi connectivity index (χ0v) is 14.1. The number of alkyl halides is 3. The molecule has 0 aliphatic carbocycles. The summed E-state index contributed by atoms with van der Waals surface area (Å²) in [6.07, 6.45) is -3.05. The van der Waals surface area contributed by atoms with Crippen LogP contribution in [0.2, 0.25) is 0 Å². The van der Waals surface area contributed by atoms with Crippen LogP contribution in [0, 0.1) is 11.3 Å². The maximum atomic E-state index is 12.8. The Morgan fingerprint density at radius 3 is 2.58 bits per heavy atom. The van der Waals surface area contributed by atoms with Gasteiger partial charge in [0.1, 0.15) is 16.6 Å². The molecule has 3 nitrogen and oxygen atoms in total. The molecule has 3 rings (SSSR count). The van der Waals surface area contributed by atoms with Gasteiger partial charge in [-0.05, 0) is 18.2 Å². The molecule has 3 aromatic rings. The molecule has 0 atom stereocenters. The fourth-order valence-electron chi connectivity index (χ4n) is 2.22. The Bertz CT molecular complexity index is 969. The Hall–Kier alpha value is -3.11. The van der Waals surface area contributed by atoms with Crippen LogP contribution in [0.5, 0.6) is 0 Å². The van der Waals surface area contributed by atoms with Crippen molar-refractivity contribution < 1.29 is 13.2 Å². The van der Waals surface area contributed by atoms with Crippen molar-refractivity contribution in [1.29, 1.82) is 5.26 Å². The zero-order chi connectivity index (χ0) is 18.6. The highest BCUT2D eigenvalue weighted by Gasteiger charge is 2.30. The molecular weight excluding hydrogens is 359 g/mol. The second-order valence-electron chi connectivity index (χ2n) is 5.30. The fraction of sp³-hybridized carbons (Fsp3) is 0.0526. The van der Waals surface area contributed by atoms with Crippen molar-refractivity contribution in [2.75, 3.05) is 5.32 Å². The van der Waals surface area contributed by atoms with Gasteiger partial charge < -0.3 is 5.32 Å². The third-order valence-corrected chi connectivity index (χ3v) is 4.37. The molecule has 26 heavy (non-hydrogen) atoms. The lowest BCUT2D eigenvalue weighted by Crippen LogP contribution is -2.05. The molecule has 0 radical (unpaired) electrons. The molecular formula is C19H12F3N3S. The largest absolute Gasteiger partial charge is 0.416 e. The molecule has 0 spiro atoms. The molecule has 0 fully saturated rings. The number of nitrogens with one attached hydrogen (secondary N) is 1. The number of hydrogen-bond donors (Lipinski definition) is 1. The number of benzene rings is 2. The van der Waals surface area contributed by atoms with E-state index in [0.717, 1.165) is 23.4 Å². The van der Waals surface area contributed by atoms with Gasteiger partial charge in [-0.1, -0.05) is 36.4 Å². The summed E-state index contributed by atoms with van der Waals surface area (Å²) < 4.78 is 38.3. The lowest BCUT2D eigenvalue weighted by atomic mass is 10.2. The predicted octanol–water partition coefficient (Wildman–Crippen LogP) is 5.81. The third kappa shape index (κ3) is 4.10. The van der Waals surface area contributed by atoms with E-state index in [1.807, 2.05) is 41.8 Å². The number of thiazole rings is 1. The summed E-state index contributed by atoms with van der Waals surface area (Å²) in [5, 5.41) is 14.4. The first-order valence-corrected chi connectivity index (χ1v) is 8.41. The van der Waals surface area contributed by atoms with Crippen LogP contribution in [-0.2, 0) is 6.18 Å². The number of hydrogen-bond acceptors (Lipinski definition) is 4. The van der Waals surface area contributed by atoms with Gasteiger partial charge in [0.05, 0.1) is 11.3 Å². The summed E-state index contributed by atoms with van der Waals surface area (Å²) in [4.78, 5) is 4.43. The van der Waals surface area contributed by atoms with Gasteiger partial charge in [0.25, 0.3) is 0 Å². The topological polar surface area (TPSA) is 48.7 Å². The highest BCUT2D eigenvalue weighted by molar-refractivity contribution is 7.11. The summed E-state index contributed by atoms with van der Waals surface area (Å²) in [5.74, 6) is 0. The molecule has 130 valence electrons. The van der Waals surface area contributed by atoms with Crippen molar-refractivity contribution in [2.24, 2.45) is 0 Å². The van der Waals surface area contributed by atoms with Crippen LogP contribution in [0.4, 0.5) is 18.9 Å². The smallest absolute Gasteiger partial charge is 0.360 e. The van der Waals surface area contributed by atoms with Crippen LogP contribution >= 0.6 is 11.3 Å². The molecule has 0 amide bonds. The molecule has 2 aromatic carbocycles. The van der Waals surface area contributed by atoms with Crippen molar-refractivity contribution in [1.82, 2.24) is 4.98 Å². The van der Waals surface area contributed by atoms with E-state index in [9.17, 15) is 18.4 Å². The highest BCUT2D eigenvalue weighted by atomic mass is 32.1. The number of anilines is 1. The van der Waals surface area contributed by atoms with Gasteiger partial charge in [-0.2, -0.15) is 18.4 Å². The van der Waals surface area contributed by atoms with Gasteiger partial charge >= 0.3 is 6.18 Å². The van der Waals surface area contributed by atoms with Crippen LogP contribution in [0.3, 0.4) is 0 Å². The Balaban J connectivity index is 1.82. The van der Waals surface area contributed by atoms with E-state index >= 15 is 0 Å². The van der Waals surface area contributed by atoms with Gasteiger partial charge in [-0.15, -0.1) is 11.3 Å². The molecule has 0 unspecified atom stereocenters. The average Bonchev–Trinajstić information content (AvgIpc) is 3.13. The van der Waals surface area contributed by atoms with Crippen molar-refractivity contribution in [3.63, 3.8) is 0 Å². The van der Waals surface area contributed by atoms with Crippen LogP contribution < -0.4 is 5.32 Å². The second-order valence-corrected chi connectivity index (χ2v) is 6.15. The maximum absolute atomic E-state index is 12.8. The minimum atomic E-state index is -4.42. The predicted molar refractivity (Wildman–Crippen MR) is 96.2 cm³/mol. The first kappa shape index (κ1) is 17.7. The standard InChI is InChI=1S/C19H12F3N3S/c20-19(21,22)15-7-4-8-16(9-15)24-11-14(10-23)18-25-17(12-26-18)13-5-2-1-3-6-13/h1-9,11-12,24H. The normalized spacial score (nSPS) is 11.8. The molecule has 0 saturated carbocycles. The summed E-state index contributed by atoms with van der Waals surface area (Å²) >= 11 is 1.30. The molecule has 1 aromatic heterocycles. The molecule has 0 saturated heterocycles. The van der Waals surface area contributed by atoms with E-state index < -0.39 is 11.7 Å². The van der Waals surface area contributed by atoms with Crippen LogP contribution in [0.1, 0.15) is 10.6 Å². The van der Waals surface area contributed by atoms with Gasteiger partial charge in [0.15, 0.2) is 0 Å². The summed E-state index contributed by atoms with van der Waals surface area (Å²) in [6.45, 7) is 0. The Kier molecular flexibility index (Phi) is 5.05. The second kappa shape index (κ2) is 7.42. The minimum Gasteiger partial charge on any atom is -0.360 e. The van der Waals surface area contributed by atoms with Gasteiger partial charge in [-0.3, -0.25) is 0 Å². The Labute approximate surface area is 152 Å². The van der Waals surface area contributed by atoms with Crippen molar-refractivity contribution in [3.05, 3.63) is 76.7 Å². The number of nitrogens with zero attached hydrogens (tertiary/aromatic N) is 2. The summed E-state index contributed by atoms with van der Waals surface area (Å²) in [5.41, 5.74) is 1.40. The Morgan fingerprint density at radius 1 is 1.12 bits per heavy atom. The van der Waals surface area contributed by atoms with Crippen molar-refractivity contribution in [2.45, 2.75) is 6.18 Å². The van der Waals surface area contributed by atoms with Crippen LogP contribution in [0.15, 0.2) is 66.2 Å². The van der Waals surface area contributed by atoms with E-state index in [4.69, 9.17) is 0 Å². The SMILES string of the molecule is N#CC(=CNc1cccc(C(F)(F)F)c1)c1nc(-c2ccccc2)cs1. The fourth-order valence-corrected chi connectivity index (χ4v) is 3.02. The Morgan fingerprint density at radius 2 is 1.88 bits per heavy atom. The molecule has 7 heteroatoms. The average molecular weight is 371 g/mol. The van der Waals surface area contributed by atoms with Gasteiger partial charge in [0, 0.05) is 22.8 Å². The van der Waals surface area contributed by atoms with E-state index in [1.165, 1.54) is 29.7 Å². The monoisotopic (exact) mass is 371 g/mol. The van der Waals surface area contributed by atoms with E-state index in [2.05, 4.69) is 10.3 Å². The summed E-state index contributed by atoms with van der Waals surface area (Å²) in [7, 11) is 0. The number of rotatable bonds is 4. The quantitative estimate of drug-likeness (QED) is 0.589. The number of halogens is 3. The first-order valence-electron chi connectivity index (χ1n) is 7.53. The third-order valence-electron chi connectivity index (χ3n) is 3.50. The van der Waals surface area contributed by atoms with Crippen LogP contribution in [0.25, 0.3) is 16.8 Å². The van der Waals surface area contributed by atoms with E-state index in [0.29, 0.717) is 5.01 Å². The lowest BCUT2D eigenvalue weighted by molar-refractivity contribution is -0.137. The number of aromatic nitrogens is 1. The molecule has 1 heterocycles. The van der Waals surface area contributed by atoms with Gasteiger partial charge in [0.2, 0.25) is 0 Å².